The molecular formula is C13H20O2. The fourth-order valence-electron chi connectivity index (χ4n) is 3.20. The highest BCUT2D eigenvalue weighted by molar-refractivity contribution is 5.84. The molecule has 2 heteroatoms. The van der Waals surface area contributed by atoms with E-state index in [1.165, 1.54) is 5.57 Å². The Morgan fingerprint density at radius 3 is 2.80 bits per heavy atom. The van der Waals surface area contributed by atoms with Gasteiger partial charge in [-0.25, -0.2) is 0 Å². The van der Waals surface area contributed by atoms with Crippen molar-refractivity contribution in [3.05, 3.63) is 12.2 Å². The van der Waals surface area contributed by atoms with Crippen molar-refractivity contribution in [2.45, 2.75) is 45.1 Å². The number of carbonyl (C=O) groups is 1. The van der Waals surface area contributed by atoms with Crippen LogP contribution in [0, 0.1) is 17.8 Å². The summed E-state index contributed by atoms with van der Waals surface area (Å²) in [6, 6.07) is 0. The molecule has 0 saturated heterocycles. The third-order valence-corrected chi connectivity index (χ3v) is 4.24. The molecule has 2 aliphatic carbocycles. The third kappa shape index (κ3) is 2.00. The Morgan fingerprint density at radius 2 is 2.13 bits per heavy atom. The Kier molecular flexibility index (Phi) is 2.96. The third-order valence-electron chi connectivity index (χ3n) is 4.24. The lowest BCUT2D eigenvalue weighted by Crippen LogP contribution is -2.42. The Morgan fingerprint density at radius 1 is 1.40 bits per heavy atom. The van der Waals surface area contributed by atoms with Crippen molar-refractivity contribution >= 4 is 5.78 Å². The molecule has 2 aliphatic rings. The molecular weight excluding hydrogens is 188 g/mol. The van der Waals surface area contributed by atoms with E-state index in [0.29, 0.717) is 18.3 Å². The minimum atomic E-state index is -0.671. The van der Waals surface area contributed by atoms with Crippen molar-refractivity contribution in [3.63, 3.8) is 0 Å². The zero-order valence-corrected chi connectivity index (χ0v) is 9.41. The summed E-state index contributed by atoms with van der Waals surface area (Å²) in [5.41, 5.74) is 1.26. The van der Waals surface area contributed by atoms with Crippen LogP contribution in [0.15, 0.2) is 12.2 Å². The van der Waals surface area contributed by atoms with Gasteiger partial charge in [-0.15, -0.1) is 0 Å². The highest BCUT2D eigenvalue weighted by atomic mass is 16.3. The van der Waals surface area contributed by atoms with E-state index >= 15 is 0 Å². The molecule has 0 aliphatic heterocycles. The number of hydrogen-bond acceptors (Lipinski definition) is 2. The monoisotopic (exact) mass is 208 g/mol. The zero-order valence-electron chi connectivity index (χ0n) is 9.41. The molecule has 0 radical (unpaired) electrons. The smallest absolute Gasteiger partial charge is 0.161 e. The predicted octanol–water partition coefficient (Wildman–Crippen LogP) is 2.32. The maximum Gasteiger partial charge on any atom is 0.161 e. The molecule has 0 heterocycles. The second kappa shape index (κ2) is 4.09. The maximum atomic E-state index is 11.4. The van der Waals surface area contributed by atoms with Crippen molar-refractivity contribution in [1.82, 2.24) is 0 Å². The summed E-state index contributed by atoms with van der Waals surface area (Å²) in [5.74, 6) is 1.46. The van der Waals surface area contributed by atoms with Gasteiger partial charge in [-0.1, -0.05) is 12.2 Å². The fraction of sp³-hybridized carbons (Fsp3) is 0.769. The van der Waals surface area contributed by atoms with Crippen LogP contribution in [-0.4, -0.2) is 17.0 Å². The first-order chi connectivity index (χ1) is 7.09. The summed E-state index contributed by atoms with van der Waals surface area (Å²) in [4.78, 5) is 11.4. The van der Waals surface area contributed by atoms with E-state index in [-0.39, 0.29) is 11.7 Å². The van der Waals surface area contributed by atoms with Crippen LogP contribution >= 0.6 is 0 Å². The first kappa shape index (κ1) is 10.9. The SMILES string of the molecule is C=C(C)C1CCC2C(CCC(=O)C2O)C1. The van der Waals surface area contributed by atoms with E-state index in [1.807, 2.05) is 0 Å². The highest BCUT2D eigenvalue weighted by Gasteiger charge is 2.40. The number of aliphatic hydroxyl groups excluding tert-OH is 1. The number of allylic oxidation sites excluding steroid dienone is 1. The van der Waals surface area contributed by atoms with Crippen LogP contribution < -0.4 is 0 Å². The first-order valence-electron chi connectivity index (χ1n) is 5.95. The molecule has 2 fully saturated rings. The summed E-state index contributed by atoms with van der Waals surface area (Å²) < 4.78 is 0. The van der Waals surface area contributed by atoms with Crippen LogP contribution in [-0.2, 0) is 4.79 Å². The largest absolute Gasteiger partial charge is 0.385 e. The second-order valence-electron chi connectivity index (χ2n) is 5.23. The first-order valence-corrected chi connectivity index (χ1v) is 5.95. The van der Waals surface area contributed by atoms with E-state index in [2.05, 4.69) is 13.5 Å². The number of fused-ring (bicyclic) bond motifs is 1. The lowest BCUT2D eigenvalue weighted by Gasteiger charge is -2.41. The molecule has 4 atom stereocenters. The van der Waals surface area contributed by atoms with Crippen LogP contribution in [0.3, 0.4) is 0 Å². The van der Waals surface area contributed by atoms with E-state index in [4.69, 9.17) is 0 Å². The summed E-state index contributed by atoms with van der Waals surface area (Å²) in [6.45, 7) is 6.11. The highest BCUT2D eigenvalue weighted by Crippen LogP contribution is 2.43. The van der Waals surface area contributed by atoms with Crippen molar-refractivity contribution in [2.75, 3.05) is 0 Å². The summed E-state index contributed by atoms with van der Waals surface area (Å²) in [7, 11) is 0. The van der Waals surface area contributed by atoms with Gasteiger partial charge in [0.05, 0.1) is 0 Å². The average molecular weight is 208 g/mol. The fourth-order valence-corrected chi connectivity index (χ4v) is 3.20. The lowest BCUT2D eigenvalue weighted by atomic mass is 9.65. The van der Waals surface area contributed by atoms with E-state index in [1.54, 1.807) is 0 Å². The van der Waals surface area contributed by atoms with Crippen LogP contribution in [0.2, 0.25) is 0 Å². The molecule has 2 nitrogen and oxygen atoms in total. The van der Waals surface area contributed by atoms with E-state index in [0.717, 1.165) is 25.7 Å². The molecule has 4 unspecified atom stereocenters. The van der Waals surface area contributed by atoms with Crippen LogP contribution in [0.4, 0.5) is 0 Å². The van der Waals surface area contributed by atoms with Gasteiger partial charge in [0.1, 0.15) is 6.10 Å². The number of ketones is 1. The van der Waals surface area contributed by atoms with Gasteiger partial charge in [-0.2, -0.15) is 0 Å². The Labute approximate surface area is 91.4 Å². The summed E-state index contributed by atoms with van der Waals surface area (Å²) in [6.07, 6.45) is 4.10. The van der Waals surface area contributed by atoms with Crippen LogP contribution in [0.25, 0.3) is 0 Å². The Bertz CT molecular complexity index is 282. The molecule has 15 heavy (non-hydrogen) atoms. The topological polar surface area (TPSA) is 37.3 Å². The molecule has 0 aromatic carbocycles. The quantitative estimate of drug-likeness (QED) is 0.671. The molecule has 0 spiro atoms. The average Bonchev–Trinajstić information content (AvgIpc) is 2.23. The molecule has 2 rings (SSSR count). The van der Waals surface area contributed by atoms with Crippen molar-refractivity contribution in [2.24, 2.45) is 17.8 Å². The maximum absolute atomic E-state index is 11.4. The zero-order chi connectivity index (χ0) is 11.0. The Hall–Kier alpha value is -0.630. The summed E-state index contributed by atoms with van der Waals surface area (Å²) in [5, 5.41) is 9.83. The van der Waals surface area contributed by atoms with E-state index in [9.17, 15) is 9.90 Å². The number of Topliss-reactive ketones (excluding diaryl/α,β-unsaturated/α-hetero) is 1. The van der Waals surface area contributed by atoms with Gasteiger partial charge in [-0.3, -0.25) is 4.79 Å². The molecule has 0 aromatic rings. The van der Waals surface area contributed by atoms with Gasteiger partial charge < -0.3 is 5.11 Å². The van der Waals surface area contributed by atoms with Crippen LogP contribution in [0.1, 0.15) is 39.0 Å². The minimum absolute atomic E-state index is 0.0602. The Balaban J connectivity index is 2.04. The van der Waals surface area contributed by atoms with Gasteiger partial charge >= 0.3 is 0 Å². The van der Waals surface area contributed by atoms with E-state index < -0.39 is 6.10 Å². The van der Waals surface area contributed by atoms with Gasteiger partial charge in [0, 0.05) is 6.42 Å². The second-order valence-corrected chi connectivity index (χ2v) is 5.23. The number of hydrogen-bond donors (Lipinski definition) is 1. The van der Waals surface area contributed by atoms with Gasteiger partial charge in [0.15, 0.2) is 5.78 Å². The lowest BCUT2D eigenvalue weighted by molar-refractivity contribution is -0.136. The van der Waals surface area contributed by atoms with Crippen molar-refractivity contribution in [3.8, 4) is 0 Å². The van der Waals surface area contributed by atoms with Gasteiger partial charge in [0.25, 0.3) is 0 Å². The van der Waals surface area contributed by atoms with Crippen molar-refractivity contribution in [1.29, 1.82) is 0 Å². The minimum Gasteiger partial charge on any atom is -0.385 e. The molecule has 1 N–H and O–H groups in total. The number of aliphatic hydroxyl groups is 1. The summed E-state index contributed by atoms with van der Waals surface area (Å²) >= 11 is 0. The molecule has 0 bridgehead atoms. The van der Waals surface area contributed by atoms with Gasteiger partial charge in [-0.05, 0) is 50.4 Å². The molecule has 0 aromatic heterocycles. The predicted molar refractivity (Wildman–Crippen MR) is 59.4 cm³/mol. The van der Waals surface area contributed by atoms with Crippen LogP contribution in [0.5, 0.6) is 0 Å². The normalized spacial score (nSPS) is 41.1. The number of carbonyl (C=O) groups excluding carboxylic acids is 1. The van der Waals surface area contributed by atoms with Gasteiger partial charge in [0.2, 0.25) is 0 Å². The molecule has 0 amide bonds. The number of rotatable bonds is 1. The standard InChI is InChI=1S/C13H20O2/c1-8(2)9-3-5-11-10(7-9)4-6-12(14)13(11)15/h9-11,13,15H,1,3-7H2,2H3. The molecule has 2 saturated carbocycles. The molecule has 84 valence electrons. The van der Waals surface area contributed by atoms with Crippen molar-refractivity contribution < 1.29 is 9.90 Å².